The van der Waals surface area contributed by atoms with E-state index in [9.17, 15) is 8.78 Å². The highest BCUT2D eigenvalue weighted by atomic mass is 32.1. The Labute approximate surface area is 73.6 Å². The van der Waals surface area contributed by atoms with Gasteiger partial charge in [0.15, 0.2) is 7.85 Å². The van der Waals surface area contributed by atoms with Gasteiger partial charge in [-0.1, -0.05) is 13.8 Å². The van der Waals surface area contributed by atoms with Crippen LogP contribution in [0.2, 0.25) is 0 Å². The summed E-state index contributed by atoms with van der Waals surface area (Å²) in [5, 5.41) is 0. The average molecular weight is 178 g/mol. The van der Waals surface area contributed by atoms with Crippen molar-refractivity contribution < 1.29 is 8.78 Å². The monoisotopic (exact) mass is 178 g/mol. The molecule has 11 heavy (non-hydrogen) atoms. The molecule has 0 amide bonds. The van der Waals surface area contributed by atoms with Crippen LogP contribution in [0.3, 0.4) is 0 Å². The molecular formula is C7H13BF2S. The third-order valence-electron chi connectivity index (χ3n) is 1.86. The van der Waals surface area contributed by atoms with Gasteiger partial charge in [-0.05, 0) is 18.6 Å². The van der Waals surface area contributed by atoms with Gasteiger partial charge in [0.25, 0.3) is 0 Å². The minimum absolute atomic E-state index is 0.403. The Morgan fingerprint density at radius 3 is 2.09 bits per heavy atom. The molecule has 0 aliphatic heterocycles. The van der Waals surface area contributed by atoms with Crippen molar-refractivity contribution >= 4 is 20.5 Å². The summed E-state index contributed by atoms with van der Waals surface area (Å²) in [5.41, 5.74) is -1.12. The molecule has 0 atom stereocenters. The molecule has 64 valence electrons. The molecule has 0 saturated heterocycles. The molecular weight excluding hydrogens is 165 g/mol. The van der Waals surface area contributed by atoms with Crippen LogP contribution in [-0.2, 0) is 0 Å². The molecule has 0 spiro atoms. The van der Waals surface area contributed by atoms with E-state index in [4.69, 9.17) is 7.85 Å². The lowest BCUT2D eigenvalue weighted by molar-refractivity contribution is -0.0314. The zero-order chi connectivity index (χ0) is 9.12. The maximum Gasteiger partial charge on any atom is 0.204 e. The van der Waals surface area contributed by atoms with Crippen molar-refractivity contribution in [3.8, 4) is 0 Å². The fourth-order valence-corrected chi connectivity index (χ4v) is 0.846. The Morgan fingerprint density at radius 2 is 1.82 bits per heavy atom. The first-order valence-electron chi connectivity index (χ1n) is 3.59. The van der Waals surface area contributed by atoms with Gasteiger partial charge in [0, 0.05) is 5.41 Å². The number of alkyl halides is 2. The Kier molecular flexibility index (Phi) is 3.88. The van der Waals surface area contributed by atoms with Crippen molar-refractivity contribution in [2.75, 3.05) is 5.75 Å². The molecule has 0 aromatic rings. The van der Waals surface area contributed by atoms with Crippen LogP contribution in [0.25, 0.3) is 0 Å². The Bertz CT molecular complexity index is 120. The number of halogens is 2. The second kappa shape index (κ2) is 3.79. The summed E-state index contributed by atoms with van der Waals surface area (Å²) in [6.07, 6.45) is 1.07. The summed E-state index contributed by atoms with van der Waals surface area (Å²) < 4.78 is 25.2. The van der Waals surface area contributed by atoms with Crippen LogP contribution >= 0.6 is 12.6 Å². The molecule has 0 aliphatic carbocycles. The first kappa shape index (κ1) is 11.3. The minimum atomic E-state index is -3.09. The maximum absolute atomic E-state index is 12.6. The van der Waals surface area contributed by atoms with Gasteiger partial charge in [0.05, 0.1) is 0 Å². The predicted molar refractivity (Wildman–Crippen MR) is 47.6 cm³/mol. The highest BCUT2D eigenvalue weighted by Gasteiger charge is 2.39. The summed E-state index contributed by atoms with van der Waals surface area (Å²) in [5.74, 6) is -2.46. The molecule has 0 rings (SSSR count). The molecule has 2 radical (unpaired) electrons. The van der Waals surface area contributed by atoms with E-state index in [1.165, 1.54) is 13.8 Å². The topological polar surface area (TPSA) is 0 Å². The molecule has 0 unspecified atom stereocenters. The second-order valence-electron chi connectivity index (χ2n) is 3.33. The van der Waals surface area contributed by atoms with Gasteiger partial charge in [-0.25, -0.2) is 8.78 Å². The molecule has 0 heterocycles. The summed E-state index contributed by atoms with van der Waals surface area (Å²) >= 11 is 3.94. The van der Waals surface area contributed by atoms with E-state index in [0.29, 0.717) is 18.6 Å². The van der Waals surface area contributed by atoms with E-state index in [1.807, 2.05) is 0 Å². The average Bonchev–Trinajstić information content (AvgIpc) is 1.81. The highest BCUT2D eigenvalue weighted by Crippen LogP contribution is 2.37. The maximum atomic E-state index is 12.6. The summed E-state index contributed by atoms with van der Waals surface area (Å²) in [4.78, 5) is 0. The first-order valence-corrected chi connectivity index (χ1v) is 4.22. The Hall–Kier alpha value is 0.275. The third-order valence-corrected chi connectivity index (χ3v) is 2.18. The number of hydrogen-bond donors (Lipinski definition) is 1. The zero-order valence-corrected chi connectivity index (χ0v) is 7.80. The van der Waals surface area contributed by atoms with Crippen molar-refractivity contribution in [3.63, 3.8) is 0 Å². The van der Waals surface area contributed by atoms with E-state index >= 15 is 0 Å². The third kappa shape index (κ3) is 3.45. The molecule has 0 N–H and O–H groups in total. The molecule has 0 bridgehead atoms. The van der Waals surface area contributed by atoms with Gasteiger partial charge < -0.3 is 0 Å². The second-order valence-corrected chi connectivity index (χ2v) is 3.78. The molecule has 0 aromatic heterocycles. The molecule has 4 heteroatoms. The fourth-order valence-electron chi connectivity index (χ4n) is 0.688. The lowest BCUT2D eigenvalue weighted by atomic mass is 9.72. The van der Waals surface area contributed by atoms with Crippen LogP contribution in [-0.4, -0.2) is 19.4 Å². The van der Waals surface area contributed by atoms with Gasteiger partial charge in [0.2, 0.25) is 5.82 Å². The van der Waals surface area contributed by atoms with Crippen LogP contribution in [0.5, 0.6) is 0 Å². The van der Waals surface area contributed by atoms with Gasteiger partial charge in [-0.15, -0.1) is 0 Å². The van der Waals surface area contributed by atoms with Gasteiger partial charge in [-0.2, -0.15) is 12.6 Å². The van der Waals surface area contributed by atoms with Gasteiger partial charge >= 0.3 is 0 Å². The van der Waals surface area contributed by atoms with E-state index in [2.05, 4.69) is 12.6 Å². The van der Waals surface area contributed by atoms with Crippen molar-refractivity contribution in [1.29, 1.82) is 0 Å². The van der Waals surface area contributed by atoms with E-state index in [-0.39, 0.29) is 0 Å². The molecule has 0 nitrogen and oxygen atoms in total. The number of rotatable bonds is 4. The van der Waals surface area contributed by atoms with Crippen LogP contribution in [0, 0.1) is 5.41 Å². The van der Waals surface area contributed by atoms with Crippen LogP contribution in [0.15, 0.2) is 0 Å². The lowest BCUT2D eigenvalue weighted by Gasteiger charge is -2.31. The molecule has 0 fully saturated rings. The molecule has 0 aliphatic rings. The van der Waals surface area contributed by atoms with Gasteiger partial charge in [0.1, 0.15) is 0 Å². The molecule has 0 aromatic carbocycles. The van der Waals surface area contributed by atoms with Gasteiger partial charge in [-0.3, -0.25) is 0 Å². The van der Waals surface area contributed by atoms with E-state index < -0.39 is 11.2 Å². The Morgan fingerprint density at radius 1 is 1.36 bits per heavy atom. The smallest absolute Gasteiger partial charge is 0.204 e. The first-order chi connectivity index (χ1) is 4.81. The van der Waals surface area contributed by atoms with E-state index in [1.54, 1.807) is 0 Å². The summed E-state index contributed by atoms with van der Waals surface area (Å²) in [6, 6.07) is 0. The zero-order valence-electron chi connectivity index (χ0n) is 6.90. The quantitative estimate of drug-likeness (QED) is 0.496. The van der Waals surface area contributed by atoms with E-state index in [0.717, 1.165) is 0 Å². The minimum Gasteiger partial charge on any atom is -0.219 e. The number of hydrogen-bond acceptors (Lipinski definition) is 1. The van der Waals surface area contributed by atoms with Crippen LogP contribution < -0.4 is 0 Å². The van der Waals surface area contributed by atoms with Crippen LogP contribution in [0.4, 0.5) is 8.78 Å². The highest BCUT2D eigenvalue weighted by molar-refractivity contribution is 7.80. The van der Waals surface area contributed by atoms with Crippen molar-refractivity contribution in [1.82, 2.24) is 0 Å². The van der Waals surface area contributed by atoms with Crippen molar-refractivity contribution in [2.24, 2.45) is 5.41 Å². The Balaban J connectivity index is 4.00. The summed E-state index contributed by atoms with van der Waals surface area (Å²) in [7, 11) is 4.70. The van der Waals surface area contributed by atoms with Crippen molar-refractivity contribution in [2.45, 2.75) is 32.5 Å². The standard InChI is InChI=1S/C7H13BF2S/c1-6(2,4-3-5-11)7(8,9)10/h11H,3-5H2,1-2H3. The fraction of sp³-hybridized carbons (Fsp3) is 1.00. The largest absolute Gasteiger partial charge is 0.219 e. The summed E-state index contributed by atoms with van der Waals surface area (Å²) in [6.45, 7) is 2.94. The normalized spacial score (nSPS) is 13.5. The van der Waals surface area contributed by atoms with Crippen LogP contribution in [0.1, 0.15) is 26.7 Å². The predicted octanol–water partition coefficient (Wildman–Crippen LogP) is 2.48. The van der Waals surface area contributed by atoms with Crippen molar-refractivity contribution in [3.05, 3.63) is 0 Å². The molecule has 0 saturated carbocycles. The number of thiol groups is 1. The SMILES string of the molecule is [B]C(F)(F)C(C)(C)CCCS. The lowest BCUT2D eigenvalue weighted by Crippen LogP contribution is -2.36.